The quantitative estimate of drug-likeness (QED) is 0.707. The van der Waals surface area contributed by atoms with Gasteiger partial charge in [0.25, 0.3) is 5.91 Å². The number of anilines is 1. The van der Waals surface area contributed by atoms with E-state index < -0.39 is 10.0 Å². The van der Waals surface area contributed by atoms with Crippen molar-refractivity contribution in [2.24, 2.45) is 5.92 Å². The molecule has 1 unspecified atom stereocenters. The van der Waals surface area contributed by atoms with E-state index in [9.17, 15) is 13.2 Å². The highest BCUT2D eigenvalue weighted by atomic mass is 32.2. The van der Waals surface area contributed by atoms with Crippen LogP contribution in [0.25, 0.3) is 0 Å². The molecule has 2 saturated heterocycles. The van der Waals surface area contributed by atoms with E-state index in [2.05, 4.69) is 22.1 Å². The van der Waals surface area contributed by atoms with Gasteiger partial charge in [-0.05, 0) is 62.8 Å². The number of rotatable bonds is 6. The smallest absolute Gasteiger partial charge is 0.257 e. The van der Waals surface area contributed by atoms with Crippen LogP contribution in [0, 0.1) is 12.8 Å². The van der Waals surface area contributed by atoms with Crippen LogP contribution in [0.2, 0.25) is 0 Å². The third kappa shape index (κ3) is 5.16. The lowest BCUT2D eigenvalue weighted by Gasteiger charge is -2.30. The molecule has 2 aliphatic rings. The molecule has 2 aliphatic heterocycles. The second-order valence-electron chi connectivity index (χ2n) is 8.67. The summed E-state index contributed by atoms with van der Waals surface area (Å²) in [6.45, 7) is 8.12. The van der Waals surface area contributed by atoms with E-state index in [1.807, 2.05) is 12.3 Å². The molecule has 0 radical (unpaired) electrons. The molecule has 31 heavy (non-hydrogen) atoms. The molecule has 2 aromatic rings. The fourth-order valence-electron chi connectivity index (χ4n) is 4.34. The van der Waals surface area contributed by atoms with Crippen molar-refractivity contribution in [3.8, 4) is 0 Å². The van der Waals surface area contributed by atoms with Gasteiger partial charge in [-0.2, -0.15) is 4.31 Å². The molecule has 1 aromatic carbocycles. The molecule has 9 heteroatoms. The lowest BCUT2D eigenvalue weighted by molar-refractivity contribution is 0.102. The molecule has 7 nitrogen and oxygen atoms in total. The van der Waals surface area contributed by atoms with Crippen LogP contribution in [-0.4, -0.2) is 54.7 Å². The standard InChI is InChI=1S/C22H30N4O3S2/c1-16-6-5-9-25(13-16)14-18-15-30-22(23-18)24-21(27)20-12-19(8-7-17(20)2)31(28,29)26-10-3-4-11-26/h7-8,12,15-16H,3-6,9-11,13-14H2,1-2H3,(H,23,24,27). The molecule has 4 rings (SSSR count). The van der Waals surface area contributed by atoms with Gasteiger partial charge in [-0.25, -0.2) is 13.4 Å². The molecule has 0 saturated carbocycles. The van der Waals surface area contributed by atoms with E-state index >= 15 is 0 Å². The summed E-state index contributed by atoms with van der Waals surface area (Å²) in [6.07, 6.45) is 4.24. The van der Waals surface area contributed by atoms with Crippen molar-refractivity contribution in [2.45, 2.75) is 51.0 Å². The molecule has 0 spiro atoms. The Morgan fingerprint density at radius 1 is 1.23 bits per heavy atom. The molecule has 1 atom stereocenters. The lowest BCUT2D eigenvalue weighted by Crippen LogP contribution is -2.33. The van der Waals surface area contributed by atoms with E-state index in [1.165, 1.54) is 34.6 Å². The highest BCUT2D eigenvalue weighted by Gasteiger charge is 2.28. The molecule has 3 heterocycles. The highest BCUT2D eigenvalue weighted by molar-refractivity contribution is 7.89. The number of carbonyl (C=O) groups excluding carboxylic acids is 1. The molecule has 1 aromatic heterocycles. The number of aryl methyl sites for hydroxylation is 1. The Bertz CT molecular complexity index is 1040. The molecule has 2 fully saturated rings. The van der Waals surface area contributed by atoms with Crippen LogP contribution in [-0.2, 0) is 16.6 Å². The highest BCUT2D eigenvalue weighted by Crippen LogP contribution is 2.25. The Hall–Kier alpha value is -1.81. The van der Waals surface area contributed by atoms with E-state index in [4.69, 9.17) is 0 Å². The topological polar surface area (TPSA) is 82.6 Å². The van der Waals surface area contributed by atoms with Gasteiger partial charge in [0.05, 0.1) is 10.6 Å². The van der Waals surface area contributed by atoms with Gasteiger partial charge < -0.3 is 0 Å². The predicted molar refractivity (Wildman–Crippen MR) is 123 cm³/mol. The van der Waals surface area contributed by atoms with Crippen molar-refractivity contribution in [3.63, 3.8) is 0 Å². The van der Waals surface area contributed by atoms with Crippen molar-refractivity contribution in [3.05, 3.63) is 40.4 Å². The zero-order valence-corrected chi connectivity index (χ0v) is 19.8. The summed E-state index contributed by atoms with van der Waals surface area (Å²) in [5.41, 5.74) is 2.05. The fraction of sp³-hybridized carbons (Fsp3) is 0.545. The molecule has 1 amide bonds. The van der Waals surface area contributed by atoms with Gasteiger partial charge in [0, 0.05) is 37.1 Å². The van der Waals surface area contributed by atoms with Gasteiger partial charge in [0.15, 0.2) is 5.13 Å². The first-order valence-corrected chi connectivity index (χ1v) is 13.2. The number of likely N-dealkylation sites (tertiary alicyclic amines) is 1. The number of nitrogens with one attached hydrogen (secondary N) is 1. The molecular weight excluding hydrogens is 432 g/mol. The molecular formula is C22H30N4O3S2. The fourth-order valence-corrected chi connectivity index (χ4v) is 6.58. The lowest BCUT2D eigenvalue weighted by atomic mass is 10.0. The summed E-state index contributed by atoms with van der Waals surface area (Å²) >= 11 is 1.40. The second kappa shape index (κ2) is 9.36. The summed E-state index contributed by atoms with van der Waals surface area (Å²) in [5.74, 6) is 0.377. The van der Waals surface area contributed by atoms with Gasteiger partial charge in [0.1, 0.15) is 0 Å². The predicted octanol–water partition coefficient (Wildman–Crippen LogP) is 3.72. The van der Waals surface area contributed by atoms with Crippen molar-refractivity contribution in [1.29, 1.82) is 0 Å². The van der Waals surface area contributed by atoms with Crippen molar-refractivity contribution in [1.82, 2.24) is 14.2 Å². The Labute approximate surface area is 188 Å². The Kier molecular flexibility index (Phi) is 6.76. The van der Waals surface area contributed by atoms with Crippen LogP contribution in [0.5, 0.6) is 0 Å². The first kappa shape index (κ1) is 22.4. The maximum Gasteiger partial charge on any atom is 0.257 e. The van der Waals surface area contributed by atoms with Gasteiger partial charge in [-0.1, -0.05) is 13.0 Å². The van der Waals surface area contributed by atoms with Crippen LogP contribution in [0.1, 0.15) is 54.2 Å². The number of thiazole rings is 1. The summed E-state index contributed by atoms with van der Waals surface area (Å²) < 4.78 is 27.2. The average Bonchev–Trinajstić information content (AvgIpc) is 3.41. The van der Waals surface area contributed by atoms with Crippen LogP contribution < -0.4 is 5.32 Å². The first-order chi connectivity index (χ1) is 14.8. The summed E-state index contributed by atoms with van der Waals surface area (Å²) in [6, 6.07) is 4.77. The number of sulfonamides is 1. The first-order valence-electron chi connectivity index (χ1n) is 10.9. The molecule has 168 valence electrons. The number of piperidine rings is 1. The number of amides is 1. The average molecular weight is 463 g/mol. The third-order valence-electron chi connectivity index (χ3n) is 6.06. The van der Waals surface area contributed by atoms with Crippen LogP contribution in [0.3, 0.4) is 0 Å². The van der Waals surface area contributed by atoms with Crippen LogP contribution in [0.4, 0.5) is 5.13 Å². The summed E-state index contributed by atoms with van der Waals surface area (Å²) in [5, 5.41) is 5.38. The summed E-state index contributed by atoms with van der Waals surface area (Å²) in [7, 11) is -3.57. The second-order valence-corrected chi connectivity index (χ2v) is 11.5. The number of aromatic nitrogens is 1. The Morgan fingerprint density at radius 3 is 2.74 bits per heavy atom. The minimum atomic E-state index is -3.57. The maximum atomic E-state index is 12.9. The van der Waals surface area contributed by atoms with E-state index in [0.29, 0.717) is 29.7 Å². The summed E-state index contributed by atoms with van der Waals surface area (Å²) in [4.78, 5) is 20.1. The van der Waals surface area contributed by atoms with Crippen molar-refractivity contribution >= 4 is 32.4 Å². The monoisotopic (exact) mass is 462 g/mol. The maximum absolute atomic E-state index is 12.9. The van der Waals surface area contributed by atoms with E-state index in [1.54, 1.807) is 12.1 Å². The van der Waals surface area contributed by atoms with Crippen LogP contribution in [0.15, 0.2) is 28.5 Å². The number of benzene rings is 1. The minimum Gasteiger partial charge on any atom is -0.298 e. The molecule has 0 bridgehead atoms. The van der Waals surface area contributed by atoms with Crippen LogP contribution >= 0.6 is 11.3 Å². The minimum absolute atomic E-state index is 0.171. The number of carbonyl (C=O) groups is 1. The van der Waals surface area contributed by atoms with Gasteiger partial charge in [0.2, 0.25) is 10.0 Å². The normalized spacial score (nSPS) is 20.8. The van der Waals surface area contributed by atoms with Gasteiger partial charge in [-0.3, -0.25) is 15.0 Å². The zero-order valence-electron chi connectivity index (χ0n) is 18.1. The molecule has 0 aliphatic carbocycles. The largest absolute Gasteiger partial charge is 0.298 e. The van der Waals surface area contributed by atoms with Crippen molar-refractivity contribution in [2.75, 3.05) is 31.5 Å². The van der Waals surface area contributed by atoms with E-state index in [-0.39, 0.29) is 10.8 Å². The van der Waals surface area contributed by atoms with Gasteiger partial charge in [-0.15, -0.1) is 11.3 Å². The van der Waals surface area contributed by atoms with Gasteiger partial charge >= 0.3 is 0 Å². The van der Waals surface area contributed by atoms with Crippen molar-refractivity contribution < 1.29 is 13.2 Å². The molecule has 1 N–H and O–H groups in total. The number of hydrogen-bond donors (Lipinski definition) is 1. The SMILES string of the molecule is Cc1ccc(S(=O)(=O)N2CCCC2)cc1C(=O)Nc1nc(CN2CCCC(C)C2)cs1. The zero-order chi connectivity index (χ0) is 22.0. The number of hydrogen-bond acceptors (Lipinski definition) is 6. The Morgan fingerprint density at radius 2 is 2.00 bits per heavy atom. The Balaban J connectivity index is 1.46. The number of nitrogens with zero attached hydrogens (tertiary/aromatic N) is 3. The van der Waals surface area contributed by atoms with E-state index in [0.717, 1.165) is 43.7 Å². The third-order valence-corrected chi connectivity index (χ3v) is 8.76.